The van der Waals surface area contributed by atoms with Gasteiger partial charge in [-0.25, -0.2) is 4.98 Å². The van der Waals surface area contributed by atoms with Crippen molar-refractivity contribution in [2.45, 2.75) is 25.3 Å². The SMILES string of the molecule is O=C1CC(Nc2ncc(Br)s2)CCCN1. The third-order valence-electron chi connectivity index (χ3n) is 2.29. The van der Waals surface area contributed by atoms with Gasteiger partial charge in [0, 0.05) is 19.0 Å². The number of rotatable bonds is 2. The van der Waals surface area contributed by atoms with Crippen molar-refractivity contribution in [2.75, 3.05) is 11.9 Å². The summed E-state index contributed by atoms with van der Waals surface area (Å²) in [5.74, 6) is 0.126. The molecule has 1 atom stereocenters. The van der Waals surface area contributed by atoms with Crippen LogP contribution in [0.1, 0.15) is 19.3 Å². The molecule has 1 aliphatic rings. The van der Waals surface area contributed by atoms with Crippen LogP contribution < -0.4 is 10.6 Å². The molecule has 2 rings (SSSR count). The quantitative estimate of drug-likeness (QED) is 0.875. The van der Waals surface area contributed by atoms with Crippen molar-refractivity contribution < 1.29 is 4.79 Å². The molecule has 0 spiro atoms. The minimum atomic E-state index is 0.126. The zero-order valence-corrected chi connectivity index (χ0v) is 10.5. The average Bonchev–Trinajstić information content (AvgIpc) is 2.46. The van der Waals surface area contributed by atoms with E-state index >= 15 is 0 Å². The Hall–Kier alpha value is -0.620. The van der Waals surface area contributed by atoms with Crippen LogP contribution in [0.2, 0.25) is 0 Å². The zero-order valence-electron chi connectivity index (χ0n) is 8.12. The molecule has 1 aromatic heterocycles. The smallest absolute Gasteiger partial charge is 0.222 e. The Kier molecular flexibility index (Phi) is 3.58. The van der Waals surface area contributed by atoms with E-state index in [1.165, 1.54) is 0 Å². The van der Waals surface area contributed by atoms with Crippen LogP contribution in [0.25, 0.3) is 0 Å². The van der Waals surface area contributed by atoms with Crippen molar-refractivity contribution in [3.63, 3.8) is 0 Å². The highest BCUT2D eigenvalue weighted by molar-refractivity contribution is 9.11. The molecule has 2 N–H and O–H groups in total. The van der Waals surface area contributed by atoms with Gasteiger partial charge in [0.1, 0.15) is 0 Å². The summed E-state index contributed by atoms with van der Waals surface area (Å²) < 4.78 is 1.00. The molecule has 0 radical (unpaired) electrons. The summed E-state index contributed by atoms with van der Waals surface area (Å²) in [6.45, 7) is 0.790. The zero-order chi connectivity index (χ0) is 10.7. The summed E-state index contributed by atoms with van der Waals surface area (Å²) >= 11 is 4.91. The van der Waals surface area contributed by atoms with E-state index in [1.807, 2.05) is 0 Å². The van der Waals surface area contributed by atoms with Crippen LogP contribution in [0.4, 0.5) is 5.13 Å². The largest absolute Gasteiger partial charge is 0.358 e. The molecule has 0 bridgehead atoms. The Morgan fingerprint density at radius 3 is 3.27 bits per heavy atom. The van der Waals surface area contributed by atoms with Gasteiger partial charge in [0.15, 0.2) is 5.13 Å². The summed E-state index contributed by atoms with van der Waals surface area (Å²) in [5, 5.41) is 7.03. The molecule has 2 heterocycles. The highest BCUT2D eigenvalue weighted by Gasteiger charge is 2.17. The Morgan fingerprint density at radius 1 is 1.67 bits per heavy atom. The highest BCUT2D eigenvalue weighted by Crippen LogP contribution is 2.25. The molecular formula is C9H12BrN3OS. The van der Waals surface area contributed by atoms with Gasteiger partial charge in [0.05, 0.1) is 9.98 Å². The van der Waals surface area contributed by atoms with Crippen LogP contribution >= 0.6 is 27.3 Å². The van der Waals surface area contributed by atoms with Gasteiger partial charge in [-0.05, 0) is 28.8 Å². The van der Waals surface area contributed by atoms with Gasteiger partial charge < -0.3 is 10.6 Å². The first kappa shape index (κ1) is 10.9. The fourth-order valence-electron chi connectivity index (χ4n) is 1.59. The molecule has 1 aromatic rings. The lowest BCUT2D eigenvalue weighted by Crippen LogP contribution is -2.26. The summed E-state index contributed by atoms with van der Waals surface area (Å²) in [6, 6.07) is 0.213. The first-order chi connectivity index (χ1) is 7.24. The number of nitrogens with zero attached hydrogens (tertiary/aromatic N) is 1. The Morgan fingerprint density at radius 2 is 2.53 bits per heavy atom. The van der Waals surface area contributed by atoms with E-state index in [0.29, 0.717) is 6.42 Å². The number of hydrogen-bond acceptors (Lipinski definition) is 4. The number of aromatic nitrogens is 1. The number of carbonyl (C=O) groups excluding carboxylic acids is 1. The van der Waals surface area contributed by atoms with Gasteiger partial charge in [-0.15, -0.1) is 0 Å². The van der Waals surface area contributed by atoms with Gasteiger partial charge in [0.25, 0.3) is 0 Å². The first-order valence-electron chi connectivity index (χ1n) is 4.88. The van der Waals surface area contributed by atoms with Crippen molar-refractivity contribution >= 4 is 38.3 Å². The second-order valence-corrected chi connectivity index (χ2v) is 5.92. The topological polar surface area (TPSA) is 54.0 Å². The normalized spacial score (nSPS) is 21.9. The fraction of sp³-hybridized carbons (Fsp3) is 0.556. The van der Waals surface area contributed by atoms with Crippen LogP contribution in [-0.2, 0) is 4.79 Å². The predicted octanol–water partition coefficient (Wildman–Crippen LogP) is 1.99. The molecule has 1 saturated heterocycles. The van der Waals surface area contributed by atoms with E-state index in [0.717, 1.165) is 28.3 Å². The molecule has 0 saturated carbocycles. The minimum absolute atomic E-state index is 0.126. The van der Waals surface area contributed by atoms with Crippen molar-refractivity contribution in [1.82, 2.24) is 10.3 Å². The molecular weight excluding hydrogens is 278 g/mol. The molecule has 1 aliphatic heterocycles. The van der Waals surface area contributed by atoms with Crippen LogP contribution in [0.5, 0.6) is 0 Å². The van der Waals surface area contributed by atoms with E-state index in [2.05, 4.69) is 31.5 Å². The van der Waals surface area contributed by atoms with Crippen molar-refractivity contribution in [2.24, 2.45) is 0 Å². The summed E-state index contributed by atoms with van der Waals surface area (Å²) in [7, 11) is 0. The number of halogens is 1. The third kappa shape index (κ3) is 3.17. The Balaban J connectivity index is 1.95. The predicted molar refractivity (Wildman–Crippen MR) is 64.1 cm³/mol. The molecule has 82 valence electrons. The second-order valence-electron chi connectivity index (χ2n) is 3.51. The van der Waals surface area contributed by atoms with Gasteiger partial charge in [0.2, 0.25) is 5.91 Å². The number of thiazole rings is 1. The van der Waals surface area contributed by atoms with E-state index in [9.17, 15) is 4.79 Å². The van der Waals surface area contributed by atoms with E-state index in [4.69, 9.17) is 0 Å². The van der Waals surface area contributed by atoms with Crippen LogP contribution in [-0.4, -0.2) is 23.5 Å². The average molecular weight is 290 g/mol. The van der Waals surface area contributed by atoms with Gasteiger partial charge in [-0.2, -0.15) is 0 Å². The Labute approximate surface area is 101 Å². The standard InChI is InChI=1S/C9H12BrN3OS/c10-7-5-12-9(15-7)13-6-2-1-3-11-8(14)4-6/h5-6H,1-4H2,(H,11,14)(H,12,13). The van der Waals surface area contributed by atoms with Crippen molar-refractivity contribution in [1.29, 1.82) is 0 Å². The van der Waals surface area contributed by atoms with Gasteiger partial charge >= 0.3 is 0 Å². The molecule has 0 aliphatic carbocycles. The molecule has 15 heavy (non-hydrogen) atoms. The minimum Gasteiger partial charge on any atom is -0.358 e. The highest BCUT2D eigenvalue weighted by atomic mass is 79.9. The van der Waals surface area contributed by atoms with Gasteiger partial charge in [-0.3, -0.25) is 4.79 Å². The molecule has 1 amide bonds. The molecule has 1 fully saturated rings. The molecule has 4 nitrogen and oxygen atoms in total. The van der Waals surface area contributed by atoms with Crippen molar-refractivity contribution in [3.05, 3.63) is 9.98 Å². The van der Waals surface area contributed by atoms with Crippen molar-refractivity contribution in [3.8, 4) is 0 Å². The van der Waals surface area contributed by atoms with E-state index < -0.39 is 0 Å². The fourth-order valence-corrected chi connectivity index (χ4v) is 2.78. The first-order valence-corrected chi connectivity index (χ1v) is 6.49. The number of nitrogens with one attached hydrogen (secondary N) is 2. The maximum atomic E-state index is 11.3. The maximum Gasteiger partial charge on any atom is 0.222 e. The maximum absolute atomic E-state index is 11.3. The molecule has 0 aromatic carbocycles. The molecule has 1 unspecified atom stereocenters. The van der Waals surface area contributed by atoms with Crippen LogP contribution in [0.15, 0.2) is 9.98 Å². The summed E-state index contributed by atoms with van der Waals surface area (Å²) in [6.07, 6.45) is 4.34. The van der Waals surface area contributed by atoms with E-state index in [-0.39, 0.29) is 11.9 Å². The number of carbonyl (C=O) groups is 1. The number of amides is 1. The lowest BCUT2D eigenvalue weighted by molar-refractivity contribution is -0.120. The number of anilines is 1. The molecule has 6 heteroatoms. The van der Waals surface area contributed by atoms with E-state index in [1.54, 1.807) is 17.5 Å². The summed E-state index contributed by atoms with van der Waals surface area (Å²) in [5.41, 5.74) is 0. The van der Waals surface area contributed by atoms with Gasteiger partial charge in [-0.1, -0.05) is 11.3 Å². The lowest BCUT2D eigenvalue weighted by atomic mass is 10.1. The Bertz CT molecular complexity index is 355. The van der Waals surface area contributed by atoms with Crippen LogP contribution in [0.3, 0.4) is 0 Å². The third-order valence-corrected chi connectivity index (χ3v) is 3.70. The monoisotopic (exact) mass is 289 g/mol. The van der Waals surface area contributed by atoms with Crippen LogP contribution in [0, 0.1) is 0 Å². The second kappa shape index (κ2) is 4.94. The number of hydrogen-bond donors (Lipinski definition) is 2. The summed E-state index contributed by atoms with van der Waals surface area (Å²) in [4.78, 5) is 15.5. The lowest BCUT2D eigenvalue weighted by Gasteiger charge is -2.13.